The molecule has 3 aliphatic carbocycles. The molecule has 3 atom stereocenters. The molecule has 0 aromatic heterocycles. The van der Waals surface area contributed by atoms with E-state index in [0.717, 1.165) is 5.57 Å². The van der Waals surface area contributed by atoms with Gasteiger partial charge in [0.05, 0.1) is 16.6 Å². The monoisotopic (exact) mass is 426 g/mol. The summed E-state index contributed by atoms with van der Waals surface area (Å²) in [5.41, 5.74) is 1.94. The summed E-state index contributed by atoms with van der Waals surface area (Å²) in [6.45, 7) is 12.2. The number of carbonyl (C=O) groups excluding carboxylic acids is 2. The lowest BCUT2D eigenvalue weighted by Crippen LogP contribution is -2.53. The molecule has 0 aromatic rings. The molecule has 0 spiro atoms. The molecule has 0 aliphatic heterocycles. The molecule has 1 saturated carbocycles. The predicted octanol–water partition coefficient (Wildman–Crippen LogP) is 4.29. The molecule has 4 nitrogen and oxygen atoms in total. The Bertz CT molecular complexity index is 1190. The summed E-state index contributed by atoms with van der Waals surface area (Å²) in [5, 5.41) is 19.1. The maximum absolute atomic E-state index is 12.9. The quantitative estimate of drug-likeness (QED) is 0.427. The van der Waals surface area contributed by atoms with E-state index in [0.29, 0.717) is 12.8 Å². The van der Waals surface area contributed by atoms with Gasteiger partial charge in [-0.2, -0.15) is 10.5 Å². The molecular weight excluding hydrogens is 400 g/mol. The molecule has 0 amide bonds. The maximum Gasteiger partial charge on any atom is 0.196 e. The van der Waals surface area contributed by atoms with Crippen LogP contribution in [0.5, 0.6) is 0 Å². The van der Waals surface area contributed by atoms with Crippen molar-refractivity contribution in [3.8, 4) is 35.4 Å². The van der Waals surface area contributed by atoms with E-state index in [4.69, 9.17) is 0 Å². The van der Waals surface area contributed by atoms with Crippen molar-refractivity contribution in [3.63, 3.8) is 0 Å². The van der Waals surface area contributed by atoms with Crippen molar-refractivity contribution < 1.29 is 9.59 Å². The number of Topliss-reactive ketones (excluding diaryl/α,β-unsaturated/α-hetero) is 1. The van der Waals surface area contributed by atoms with Crippen LogP contribution in [0.3, 0.4) is 0 Å². The maximum atomic E-state index is 12.9. The van der Waals surface area contributed by atoms with Gasteiger partial charge in [-0.25, -0.2) is 0 Å². The van der Waals surface area contributed by atoms with Crippen LogP contribution in [0.1, 0.15) is 33.6 Å². The number of hydrogen-bond donors (Lipinski definition) is 0. The summed E-state index contributed by atoms with van der Waals surface area (Å²) in [6, 6.07) is 4.06. The van der Waals surface area contributed by atoms with Gasteiger partial charge in [0.15, 0.2) is 11.6 Å². The Balaban J connectivity index is 2.26. The third kappa shape index (κ3) is 3.61. The normalized spacial score (nSPS) is 31.0. The number of rotatable bonds is 0. The smallest absolute Gasteiger partial charge is 0.196 e. The summed E-state index contributed by atoms with van der Waals surface area (Å²) >= 11 is 0. The molecule has 0 aromatic carbocycles. The standard InChI is InChI=1S/C26H26N2O2Si/c1-24(2)21-9-11-26(10-7-8-12-31(4,5)6)15-18(16-27)20(29)13-22(26)25(21,3)14-19(17-28)23(24)30/h13-15,21H,9,11H2,1-6H3/t21-,25-,26-/m0/s1. The van der Waals surface area contributed by atoms with Crippen LogP contribution in [0.4, 0.5) is 0 Å². The summed E-state index contributed by atoms with van der Waals surface area (Å²) in [5.74, 6) is 8.65. The van der Waals surface area contributed by atoms with Crippen LogP contribution in [0.2, 0.25) is 19.6 Å². The molecule has 0 unspecified atom stereocenters. The minimum atomic E-state index is -1.59. The average molecular weight is 427 g/mol. The Labute approximate surface area is 185 Å². The van der Waals surface area contributed by atoms with Crippen molar-refractivity contribution in [2.24, 2.45) is 22.2 Å². The molecule has 3 rings (SSSR count). The molecule has 31 heavy (non-hydrogen) atoms. The summed E-state index contributed by atoms with van der Waals surface area (Å²) < 4.78 is 0. The average Bonchev–Trinajstić information content (AvgIpc) is 2.68. The van der Waals surface area contributed by atoms with Crippen molar-refractivity contribution in [3.05, 3.63) is 34.9 Å². The van der Waals surface area contributed by atoms with Crippen LogP contribution in [-0.4, -0.2) is 19.6 Å². The number of nitrogens with zero attached hydrogens (tertiary/aromatic N) is 2. The van der Waals surface area contributed by atoms with E-state index in [1.807, 2.05) is 26.8 Å². The molecule has 3 aliphatic rings. The first kappa shape index (κ1) is 22.6. The number of nitriles is 2. The number of carbonyl (C=O) groups is 2. The first-order valence-corrected chi connectivity index (χ1v) is 13.9. The van der Waals surface area contributed by atoms with E-state index in [9.17, 15) is 20.1 Å². The molecular formula is C26H26N2O2Si. The highest BCUT2D eigenvalue weighted by atomic mass is 28.3. The Morgan fingerprint density at radius 1 is 1.00 bits per heavy atom. The zero-order valence-electron chi connectivity index (χ0n) is 18.9. The van der Waals surface area contributed by atoms with Gasteiger partial charge < -0.3 is 0 Å². The van der Waals surface area contributed by atoms with Crippen molar-refractivity contribution in [1.29, 1.82) is 10.5 Å². The number of fused-ring (bicyclic) bond motifs is 3. The lowest BCUT2D eigenvalue weighted by atomic mass is 9.45. The highest BCUT2D eigenvalue weighted by molar-refractivity contribution is 6.83. The van der Waals surface area contributed by atoms with Gasteiger partial charge in [0, 0.05) is 10.8 Å². The predicted molar refractivity (Wildman–Crippen MR) is 121 cm³/mol. The Hall–Kier alpha value is -3.12. The van der Waals surface area contributed by atoms with E-state index < -0.39 is 24.3 Å². The van der Waals surface area contributed by atoms with Crippen molar-refractivity contribution >= 4 is 19.6 Å². The van der Waals surface area contributed by atoms with Gasteiger partial charge in [0.25, 0.3) is 0 Å². The van der Waals surface area contributed by atoms with Gasteiger partial charge >= 0.3 is 0 Å². The van der Waals surface area contributed by atoms with Crippen LogP contribution in [0.25, 0.3) is 0 Å². The molecule has 0 radical (unpaired) electrons. The summed E-state index contributed by atoms with van der Waals surface area (Å²) in [6.07, 6.45) is 6.19. The number of ketones is 2. The van der Waals surface area contributed by atoms with E-state index in [-0.39, 0.29) is 28.6 Å². The van der Waals surface area contributed by atoms with Crippen molar-refractivity contribution in [2.45, 2.75) is 53.3 Å². The molecule has 0 N–H and O–H groups in total. The molecule has 0 heterocycles. The molecule has 156 valence electrons. The first-order valence-electron chi connectivity index (χ1n) is 10.4. The molecule has 0 bridgehead atoms. The zero-order valence-corrected chi connectivity index (χ0v) is 19.9. The minimum Gasteiger partial charge on any atom is -0.293 e. The van der Waals surface area contributed by atoms with Gasteiger partial charge in [-0.1, -0.05) is 52.4 Å². The number of allylic oxidation sites excluding steroid dienone is 6. The van der Waals surface area contributed by atoms with Crippen molar-refractivity contribution in [2.75, 3.05) is 0 Å². The fraction of sp³-hybridized carbons (Fsp3) is 0.462. The summed E-state index contributed by atoms with van der Waals surface area (Å²) in [4.78, 5) is 25.6. The highest BCUT2D eigenvalue weighted by Crippen LogP contribution is 2.63. The molecule has 0 saturated heterocycles. The zero-order chi connectivity index (χ0) is 23.2. The highest BCUT2D eigenvalue weighted by Gasteiger charge is 2.59. The fourth-order valence-electron chi connectivity index (χ4n) is 5.29. The van der Waals surface area contributed by atoms with Crippen molar-refractivity contribution in [1.82, 2.24) is 0 Å². The lowest BCUT2D eigenvalue weighted by Gasteiger charge is -2.56. The van der Waals surface area contributed by atoms with Gasteiger partial charge in [0.2, 0.25) is 0 Å². The Kier molecular flexibility index (Phi) is 5.26. The van der Waals surface area contributed by atoms with E-state index >= 15 is 0 Å². The van der Waals surface area contributed by atoms with Crippen LogP contribution < -0.4 is 0 Å². The second-order valence-corrected chi connectivity index (χ2v) is 15.2. The largest absolute Gasteiger partial charge is 0.293 e. The molecule has 5 heteroatoms. The van der Waals surface area contributed by atoms with E-state index in [1.54, 1.807) is 12.2 Å². The Morgan fingerprint density at radius 3 is 2.23 bits per heavy atom. The van der Waals surface area contributed by atoms with Crippen LogP contribution in [0.15, 0.2) is 34.9 Å². The van der Waals surface area contributed by atoms with E-state index in [1.165, 1.54) is 6.08 Å². The first-order chi connectivity index (χ1) is 14.3. The van der Waals surface area contributed by atoms with E-state index in [2.05, 4.69) is 49.0 Å². The van der Waals surface area contributed by atoms with Crippen LogP contribution in [-0.2, 0) is 9.59 Å². The topological polar surface area (TPSA) is 81.7 Å². The third-order valence-corrected chi connectivity index (χ3v) is 7.59. The summed E-state index contributed by atoms with van der Waals surface area (Å²) in [7, 11) is -1.59. The van der Waals surface area contributed by atoms with Gasteiger partial charge in [-0.05, 0) is 48.3 Å². The van der Waals surface area contributed by atoms with Crippen LogP contribution in [0, 0.1) is 68.1 Å². The minimum absolute atomic E-state index is 0.0777. The van der Waals surface area contributed by atoms with Crippen LogP contribution >= 0.6 is 0 Å². The van der Waals surface area contributed by atoms with Gasteiger partial charge in [0.1, 0.15) is 20.2 Å². The van der Waals surface area contributed by atoms with Gasteiger partial charge in [-0.15, -0.1) is 5.54 Å². The molecule has 1 fully saturated rings. The van der Waals surface area contributed by atoms with Gasteiger partial charge in [-0.3, -0.25) is 9.59 Å². The SMILES string of the molecule is CC1(C)C(=O)C(C#N)=C[C@]2(C)C3=CC(=O)C(C#N)=C[C@]3(C#CC#C[Si](C)(C)C)CC[C@@H]12. The second-order valence-electron chi connectivity index (χ2n) is 10.4. The fourth-order valence-corrected chi connectivity index (χ4v) is 5.73. The lowest BCUT2D eigenvalue weighted by molar-refractivity contribution is -0.130. The third-order valence-electron chi connectivity index (χ3n) is 6.72. The Morgan fingerprint density at radius 2 is 1.65 bits per heavy atom. The second kappa shape index (κ2) is 7.23. The number of hydrogen-bond acceptors (Lipinski definition) is 4.